The van der Waals surface area contributed by atoms with Gasteiger partial charge in [0.15, 0.2) is 0 Å². The number of alkyl halides is 3. The summed E-state index contributed by atoms with van der Waals surface area (Å²) < 4.78 is 37.7. The van der Waals surface area contributed by atoms with Crippen LogP contribution in [0.4, 0.5) is 13.2 Å². The number of benzene rings is 1. The Morgan fingerprint density at radius 1 is 0.949 bits per heavy atom. The molecule has 3 spiro atoms. The summed E-state index contributed by atoms with van der Waals surface area (Å²) in [5.41, 5.74) is 1.59. The quantitative estimate of drug-likeness (QED) is 0.368. The number of carboxylic acids is 1. The van der Waals surface area contributed by atoms with Crippen LogP contribution in [-0.2, 0) is 20.7 Å². The lowest BCUT2D eigenvalue weighted by Gasteiger charge is -2.38. The lowest BCUT2D eigenvalue weighted by Crippen LogP contribution is -2.52. The molecule has 2 heterocycles. The number of piperidine rings is 1. The van der Waals surface area contributed by atoms with Crippen LogP contribution < -0.4 is 16.0 Å². The molecule has 0 bridgehead atoms. The maximum atomic E-state index is 13.4. The molecule has 2 aliphatic carbocycles. The number of amides is 2. The molecule has 2 amide bonds. The third-order valence-corrected chi connectivity index (χ3v) is 8.81. The molecule has 1 atom stereocenters. The van der Waals surface area contributed by atoms with Crippen LogP contribution in [0.2, 0.25) is 0 Å². The number of hydrogen-bond donors (Lipinski definition) is 4. The highest BCUT2D eigenvalue weighted by Gasteiger charge is 2.69. The Morgan fingerprint density at radius 2 is 1.62 bits per heavy atom. The van der Waals surface area contributed by atoms with Gasteiger partial charge in [0, 0.05) is 24.1 Å². The highest BCUT2D eigenvalue weighted by atomic mass is 19.4. The van der Waals surface area contributed by atoms with Crippen molar-refractivity contribution in [1.82, 2.24) is 16.0 Å². The monoisotopic (exact) mass is 551 g/mol. The largest absolute Gasteiger partial charge is 0.490 e. The summed E-state index contributed by atoms with van der Waals surface area (Å²) in [6, 6.07) is 7.83. The van der Waals surface area contributed by atoms with Gasteiger partial charge in [-0.1, -0.05) is 36.8 Å². The molecule has 1 aromatic rings. The Bertz CT molecular complexity index is 1100. The van der Waals surface area contributed by atoms with E-state index in [1.807, 2.05) is 30.3 Å². The minimum absolute atomic E-state index is 0.0146. The minimum Gasteiger partial charge on any atom is -0.475 e. The maximum absolute atomic E-state index is 13.4. The highest BCUT2D eigenvalue weighted by Crippen LogP contribution is 2.73. The molecule has 5 rings (SSSR count). The van der Waals surface area contributed by atoms with Crippen LogP contribution in [0.15, 0.2) is 36.4 Å². The van der Waals surface area contributed by atoms with Crippen molar-refractivity contribution < 1.29 is 37.4 Å². The van der Waals surface area contributed by atoms with Gasteiger partial charge in [0.25, 0.3) is 5.91 Å². The molecule has 1 aromatic carbocycles. The molecule has 1 saturated heterocycles. The van der Waals surface area contributed by atoms with Gasteiger partial charge in [-0.05, 0) is 68.7 Å². The van der Waals surface area contributed by atoms with Crippen molar-refractivity contribution in [2.75, 3.05) is 39.4 Å². The topological polar surface area (TPSA) is 117 Å². The van der Waals surface area contributed by atoms with Gasteiger partial charge in [-0.15, -0.1) is 0 Å². The molecule has 39 heavy (non-hydrogen) atoms. The van der Waals surface area contributed by atoms with Crippen molar-refractivity contribution in [2.24, 2.45) is 16.2 Å². The zero-order valence-corrected chi connectivity index (χ0v) is 21.9. The van der Waals surface area contributed by atoms with Gasteiger partial charge in [-0.2, -0.15) is 13.2 Å². The van der Waals surface area contributed by atoms with E-state index in [0.717, 1.165) is 43.5 Å². The lowest BCUT2D eigenvalue weighted by molar-refractivity contribution is -0.192. The van der Waals surface area contributed by atoms with Crippen molar-refractivity contribution in [1.29, 1.82) is 0 Å². The van der Waals surface area contributed by atoms with Gasteiger partial charge < -0.3 is 25.8 Å². The third-order valence-electron chi connectivity index (χ3n) is 8.81. The highest BCUT2D eigenvalue weighted by molar-refractivity contribution is 5.95. The molecule has 1 unspecified atom stereocenters. The van der Waals surface area contributed by atoms with Gasteiger partial charge in [0.1, 0.15) is 0 Å². The molecular weight excluding hydrogens is 515 g/mol. The van der Waals surface area contributed by atoms with Crippen LogP contribution in [0.1, 0.15) is 54.4 Å². The molecule has 2 aliphatic heterocycles. The maximum Gasteiger partial charge on any atom is 0.490 e. The molecule has 2 saturated carbocycles. The van der Waals surface area contributed by atoms with E-state index in [1.54, 1.807) is 0 Å². The first-order valence-corrected chi connectivity index (χ1v) is 13.4. The van der Waals surface area contributed by atoms with Crippen LogP contribution >= 0.6 is 0 Å². The lowest BCUT2D eigenvalue weighted by atomic mass is 9.74. The summed E-state index contributed by atoms with van der Waals surface area (Å²) >= 11 is 0. The van der Waals surface area contributed by atoms with Gasteiger partial charge >= 0.3 is 12.1 Å². The first-order chi connectivity index (χ1) is 18.5. The Balaban J connectivity index is 0.000000448. The van der Waals surface area contributed by atoms with Gasteiger partial charge in [0.2, 0.25) is 5.91 Å². The number of carbonyl (C=O) groups excluding carboxylic acids is 2. The zero-order valence-electron chi connectivity index (χ0n) is 21.9. The Labute approximate surface area is 225 Å². The van der Waals surface area contributed by atoms with Crippen LogP contribution in [0.25, 0.3) is 0 Å². The van der Waals surface area contributed by atoms with E-state index >= 15 is 0 Å². The number of allylic oxidation sites excluding steroid dienone is 1. The van der Waals surface area contributed by atoms with E-state index in [2.05, 4.69) is 22.0 Å². The summed E-state index contributed by atoms with van der Waals surface area (Å²) in [6.07, 6.45) is 6.01. The fraction of sp³-hybridized carbons (Fsp3) is 0.607. The SMILES string of the molecule is O=C(O)C(F)(F)F.O=C1NCC2(CNC(=O)C3(CCNCC3)COC/C=C\Cc3ccccc31)CC21CCC1. The van der Waals surface area contributed by atoms with E-state index in [0.29, 0.717) is 38.1 Å². The molecule has 8 nitrogen and oxygen atoms in total. The number of rotatable bonds is 0. The van der Waals surface area contributed by atoms with E-state index in [4.69, 9.17) is 14.6 Å². The average Bonchev–Trinajstić information content (AvgIpc) is 3.58. The van der Waals surface area contributed by atoms with Crippen molar-refractivity contribution in [2.45, 2.75) is 51.1 Å². The Kier molecular flexibility index (Phi) is 8.70. The molecule has 214 valence electrons. The van der Waals surface area contributed by atoms with Crippen molar-refractivity contribution in [3.05, 3.63) is 47.5 Å². The smallest absolute Gasteiger partial charge is 0.475 e. The predicted octanol–water partition coefficient (Wildman–Crippen LogP) is 3.23. The summed E-state index contributed by atoms with van der Waals surface area (Å²) in [6.45, 7) is 3.88. The van der Waals surface area contributed by atoms with E-state index in [-0.39, 0.29) is 17.2 Å². The summed E-state index contributed by atoms with van der Waals surface area (Å²) in [5, 5.41) is 17.1. The van der Waals surface area contributed by atoms with Gasteiger partial charge in [-0.3, -0.25) is 9.59 Å². The Morgan fingerprint density at radius 3 is 2.23 bits per heavy atom. The fourth-order valence-corrected chi connectivity index (χ4v) is 6.12. The molecule has 4 aliphatic rings. The van der Waals surface area contributed by atoms with Crippen LogP contribution in [0.5, 0.6) is 0 Å². The minimum atomic E-state index is -5.08. The van der Waals surface area contributed by atoms with Crippen LogP contribution in [0, 0.1) is 16.2 Å². The van der Waals surface area contributed by atoms with E-state index < -0.39 is 17.6 Å². The standard InChI is InChI=1S/C26H35N3O3.C2HF3O2/c30-22-21-8-2-1-6-20(21)7-3-4-15-32-19-24(11-13-27-14-12-24)23(31)29-18-26(17-28-22)16-25(26)9-5-10-25;3-2(4,5)1(6)7/h1-4,6,8,27H,5,7,9-19H2,(H,28,30)(H,29,31);(H,6,7)/b4-3-;. The Hall–Kier alpha value is -2.92. The molecule has 0 radical (unpaired) electrons. The number of ether oxygens (including phenoxy) is 1. The summed E-state index contributed by atoms with van der Waals surface area (Å²) in [4.78, 5) is 35.4. The van der Waals surface area contributed by atoms with Crippen molar-refractivity contribution in [3.8, 4) is 0 Å². The van der Waals surface area contributed by atoms with E-state index in [9.17, 15) is 22.8 Å². The second kappa shape index (κ2) is 11.7. The van der Waals surface area contributed by atoms with Crippen LogP contribution in [0.3, 0.4) is 0 Å². The summed E-state index contributed by atoms with van der Waals surface area (Å²) in [5.74, 6) is -2.65. The number of hydrogen-bond acceptors (Lipinski definition) is 5. The molecule has 4 N–H and O–H groups in total. The number of nitrogens with one attached hydrogen (secondary N) is 3. The number of halogens is 3. The first-order valence-electron chi connectivity index (χ1n) is 13.4. The zero-order chi connectivity index (χ0) is 28.2. The van der Waals surface area contributed by atoms with Crippen molar-refractivity contribution in [3.63, 3.8) is 0 Å². The third kappa shape index (κ3) is 6.46. The van der Waals surface area contributed by atoms with E-state index in [1.165, 1.54) is 19.3 Å². The van der Waals surface area contributed by atoms with Crippen LogP contribution in [-0.4, -0.2) is 68.5 Å². The number of fused-ring (bicyclic) bond motifs is 2. The fourth-order valence-electron chi connectivity index (χ4n) is 6.12. The molecular formula is C28H36F3N3O5. The molecule has 11 heteroatoms. The van der Waals surface area contributed by atoms with Gasteiger partial charge in [-0.25, -0.2) is 4.79 Å². The number of carbonyl (C=O) groups is 3. The average molecular weight is 552 g/mol. The number of carboxylic acid groups (broad SMARTS) is 1. The second-order valence-electron chi connectivity index (χ2n) is 11.1. The second-order valence-corrected chi connectivity index (χ2v) is 11.1. The normalized spacial score (nSPS) is 27.3. The summed E-state index contributed by atoms with van der Waals surface area (Å²) in [7, 11) is 0. The van der Waals surface area contributed by atoms with Crippen molar-refractivity contribution >= 4 is 17.8 Å². The van der Waals surface area contributed by atoms with Gasteiger partial charge in [0.05, 0.1) is 18.6 Å². The first kappa shape index (κ1) is 29.1. The number of aliphatic carboxylic acids is 1. The molecule has 0 aromatic heterocycles. The molecule has 3 fully saturated rings. The predicted molar refractivity (Wildman–Crippen MR) is 137 cm³/mol.